The number of anilines is 2. The van der Waals surface area contributed by atoms with Crippen LogP contribution in [-0.2, 0) is 0 Å². The fourth-order valence-electron chi connectivity index (χ4n) is 7.15. The zero-order valence-corrected chi connectivity index (χ0v) is 22.1. The molecule has 8 rings (SSSR count). The molecule has 0 spiro atoms. The first kappa shape index (κ1) is 22.4. The Hall–Kier alpha value is -4.56. The molecule has 2 nitrogen and oxygen atoms in total. The van der Waals surface area contributed by atoms with Gasteiger partial charge in [-0.1, -0.05) is 84.9 Å². The first-order valence-electron chi connectivity index (χ1n) is 14.0. The average Bonchev–Trinajstić information content (AvgIpc) is 3.46. The molecule has 2 unspecified atom stereocenters. The van der Waals surface area contributed by atoms with Gasteiger partial charge in [0.1, 0.15) is 0 Å². The molecule has 2 heterocycles. The molecule has 1 aromatic heterocycles. The Morgan fingerprint density at radius 3 is 2.13 bits per heavy atom. The molecule has 0 N–H and O–H groups in total. The molecular weight excluding hydrogens is 472 g/mol. The molecule has 0 radical (unpaired) electrons. The SMILES string of the molecule is CC12CCC(c3ccc4c(c3)c3ccccc3n4-c3ccccc3)C=C1c1ccccc1N2c1ccccc1. The standard InChI is InChI=1S/C37H30N2/c1-37-23-22-27(25-33(37)31-17-9-11-19-36(31)39(37)29-14-6-3-7-15-29)26-20-21-35-32(24-26)30-16-8-10-18-34(30)38(35)28-12-4-2-5-13-28/h2-21,24-25,27H,22-23H2,1H3. The van der Waals surface area contributed by atoms with Crippen LogP contribution in [0.25, 0.3) is 33.1 Å². The van der Waals surface area contributed by atoms with Crippen molar-refractivity contribution < 1.29 is 0 Å². The third kappa shape index (κ3) is 3.28. The largest absolute Gasteiger partial charge is 0.331 e. The molecule has 1 aliphatic heterocycles. The lowest BCUT2D eigenvalue weighted by atomic mass is 9.74. The Morgan fingerprint density at radius 1 is 0.641 bits per heavy atom. The number of benzene rings is 5. The van der Waals surface area contributed by atoms with Gasteiger partial charge in [-0.05, 0) is 79.4 Å². The minimum absolute atomic E-state index is 0.0467. The van der Waals surface area contributed by atoms with Crippen LogP contribution in [0.4, 0.5) is 11.4 Å². The van der Waals surface area contributed by atoms with E-state index in [0.29, 0.717) is 5.92 Å². The molecule has 5 aromatic carbocycles. The van der Waals surface area contributed by atoms with Crippen molar-refractivity contribution in [1.82, 2.24) is 4.57 Å². The lowest BCUT2D eigenvalue weighted by Crippen LogP contribution is -2.42. The quantitative estimate of drug-likeness (QED) is 0.234. The summed E-state index contributed by atoms with van der Waals surface area (Å²) in [4.78, 5) is 2.57. The molecule has 0 saturated carbocycles. The van der Waals surface area contributed by atoms with Crippen LogP contribution in [0.3, 0.4) is 0 Å². The monoisotopic (exact) mass is 502 g/mol. The number of rotatable bonds is 3. The first-order chi connectivity index (χ1) is 19.2. The average molecular weight is 503 g/mol. The molecule has 2 atom stereocenters. The molecule has 6 aromatic rings. The summed E-state index contributed by atoms with van der Waals surface area (Å²) in [5.74, 6) is 0.389. The Kier molecular flexibility index (Phi) is 4.87. The summed E-state index contributed by atoms with van der Waals surface area (Å²) >= 11 is 0. The normalized spacial score (nSPS) is 20.2. The molecule has 2 heteroatoms. The Labute approximate surface area is 229 Å². The van der Waals surface area contributed by atoms with Gasteiger partial charge in [0.05, 0.1) is 16.6 Å². The van der Waals surface area contributed by atoms with Crippen molar-refractivity contribution >= 4 is 38.8 Å². The smallest absolute Gasteiger partial charge is 0.0678 e. The van der Waals surface area contributed by atoms with E-state index in [-0.39, 0.29) is 5.54 Å². The number of hydrogen-bond donors (Lipinski definition) is 0. The van der Waals surface area contributed by atoms with Crippen molar-refractivity contribution in [2.24, 2.45) is 0 Å². The molecule has 0 fully saturated rings. The summed E-state index contributed by atoms with van der Waals surface area (Å²) in [7, 11) is 0. The second-order valence-corrected chi connectivity index (χ2v) is 11.2. The van der Waals surface area contributed by atoms with Crippen LogP contribution in [0.5, 0.6) is 0 Å². The van der Waals surface area contributed by atoms with Crippen LogP contribution in [0, 0.1) is 0 Å². The van der Waals surface area contributed by atoms with E-state index in [2.05, 4.69) is 150 Å². The van der Waals surface area contributed by atoms with Crippen molar-refractivity contribution in [3.63, 3.8) is 0 Å². The zero-order chi connectivity index (χ0) is 26.0. The van der Waals surface area contributed by atoms with Crippen molar-refractivity contribution in [2.45, 2.75) is 31.2 Å². The molecule has 188 valence electrons. The molecule has 2 aliphatic rings. The van der Waals surface area contributed by atoms with Gasteiger partial charge in [-0.3, -0.25) is 0 Å². The molecule has 1 aliphatic carbocycles. The minimum atomic E-state index is -0.0467. The molecular formula is C37H30N2. The third-order valence-corrected chi connectivity index (χ3v) is 8.97. The van der Waals surface area contributed by atoms with Crippen LogP contribution >= 0.6 is 0 Å². The maximum absolute atomic E-state index is 2.57. The van der Waals surface area contributed by atoms with Crippen molar-refractivity contribution in [2.75, 3.05) is 4.90 Å². The van der Waals surface area contributed by atoms with E-state index in [1.54, 1.807) is 0 Å². The highest BCUT2D eigenvalue weighted by Crippen LogP contribution is 2.56. The summed E-state index contributed by atoms with van der Waals surface area (Å²) in [6.45, 7) is 2.43. The Balaban J connectivity index is 1.27. The highest BCUT2D eigenvalue weighted by Gasteiger charge is 2.47. The predicted octanol–water partition coefficient (Wildman–Crippen LogP) is 9.66. The fraction of sp³-hybridized carbons (Fsp3) is 0.135. The third-order valence-electron chi connectivity index (χ3n) is 8.97. The van der Waals surface area contributed by atoms with Crippen LogP contribution < -0.4 is 4.90 Å². The Bertz CT molecular complexity index is 1880. The van der Waals surface area contributed by atoms with E-state index in [0.717, 1.165) is 12.8 Å². The van der Waals surface area contributed by atoms with E-state index in [9.17, 15) is 0 Å². The van der Waals surface area contributed by atoms with Crippen molar-refractivity contribution in [3.05, 3.63) is 145 Å². The summed E-state index contributed by atoms with van der Waals surface area (Å²) in [5, 5.41) is 2.64. The lowest BCUT2D eigenvalue weighted by Gasteiger charge is -2.42. The maximum Gasteiger partial charge on any atom is 0.0678 e. The van der Waals surface area contributed by atoms with Gasteiger partial charge in [0, 0.05) is 39.3 Å². The maximum atomic E-state index is 2.57. The second kappa shape index (κ2) is 8.47. The van der Waals surface area contributed by atoms with Gasteiger partial charge in [-0.2, -0.15) is 0 Å². The number of aromatic nitrogens is 1. The molecule has 0 saturated heterocycles. The van der Waals surface area contributed by atoms with E-state index in [4.69, 9.17) is 0 Å². The summed E-state index contributed by atoms with van der Waals surface area (Å²) in [6.07, 6.45) is 4.81. The second-order valence-electron chi connectivity index (χ2n) is 11.2. The van der Waals surface area contributed by atoms with E-state index in [1.165, 1.54) is 55.6 Å². The Morgan fingerprint density at radius 2 is 1.31 bits per heavy atom. The first-order valence-corrected chi connectivity index (χ1v) is 14.0. The predicted molar refractivity (Wildman–Crippen MR) is 164 cm³/mol. The van der Waals surface area contributed by atoms with Crippen LogP contribution in [-0.4, -0.2) is 10.1 Å². The van der Waals surface area contributed by atoms with Crippen molar-refractivity contribution in [3.8, 4) is 5.69 Å². The summed E-state index contributed by atoms with van der Waals surface area (Å²) < 4.78 is 2.40. The fourth-order valence-corrected chi connectivity index (χ4v) is 7.15. The summed E-state index contributed by atoms with van der Waals surface area (Å²) in [5.41, 5.74) is 10.5. The highest BCUT2D eigenvalue weighted by molar-refractivity contribution is 6.09. The van der Waals surface area contributed by atoms with Crippen LogP contribution in [0.1, 0.15) is 36.8 Å². The van der Waals surface area contributed by atoms with Gasteiger partial charge in [-0.25, -0.2) is 0 Å². The van der Waals surface area contributed by atoms with E-state index in [1.807, 2.05) is 0 Å². The van der Waals surface area contributed by atoms with Gasteiger partial charge < -0.3 is 9.47 Å². The zero-order valence-electron chi connectivity index (χ0n) is 22.1. The number of fused-ring (bicyclic) bond motifs is 6. The minimum Gasteiger partial charge on any atom is -0.331 e. The van der Waals surface area contributed by atoms with Crippen LogP contribution in [0.2, 0.25) is 0 Å². The number of allylic oxidation sites excluding steroid dienone is 1. The number of hydrogen-bond acceptors (Lipinski definition) is 1. The van der Waals surface area contributed by atoms with Gasteiger partial charge in [-0.15, -0.1) is 0 Å². The molecule has 0 amide bonds. The van der Waals surface area contributed by atoms with Gasteiger partial charge in [0.25, 0.3) is 0 Å². The summed E-state index contributed by atoms with van der Waals surface area (Å²) in [6, 6.07) is 46.5. The number of nitrogens with zero attached hydrogens (tertiary/aromatic N) is 2. The number of para-hydroxylation sites is 4. The van der Waals surface area contributed by atoms with Gasteiger partial charge >= 0.3 is 0 Å². The van der Waals surface area contributed by atoms with Gasteiger partial charge in [0.15, 0.2) is 0 Å². The van der Waals surface area contributed by atoms with E-state index >= 15 is 0 Å². The van der Waals surface area contributed by atoms with E-state index < -0.39 is 0 Å². The van der Waals surface area contributed by atoms with Crippen molar-refractivity contribution in [1.29, 1.82) is 0 Å². The van der Waals surface area contributed by atoms with Gasteiger partial charge in [0.2, 0.25) is 0 Å². The lowest BCUT2D eigenvalue weighted by molar-refractivity contribution is 0.488. The van der Waals surface area contributed by atoms with Crippen LogP contribution in [0.15, 0.2) is 133 Å². The highest BCUT2D eigenvalue weighted by atomic mass is 15.2. The molecule has 0 bridgehead atoms. The topological polar surface area (TPSA) is 8.17 Å². The molecule has 39 heavy (non-hydrogen) atoms.